The highest BCUT2D eigenvalue weighted by molar-refractivity contribution is 5.96. The van der Waals surface area contributed by atoms with Crippen LogP contribution in [0.25, 0.3) is 0 Å². The van der Waals surface area contributed by atoms with Gasteiger partial charge in [0.15, 0.2) is 0 Å². The van der Waals surface area contributed by atoms with Crippen LogP contribution >= 0.6 is 0 Å². The zero-order valence-electron chi connectivity index (χ0n) is 10.8. The van der Waals surface area contributed by atoms with E-state index in [0.29, 0.717) is 11.4 Å². The lowest BCUT2D eigenvalue weighted by molar-refractivity contribution is -0.137. The van der Waals surface area contributed by atoms with E-state index in [1.807, 2.05) is 0 Å². The third-order valence-corrected chi connectivity index (χ3v) is 2.35. The summed E-state index contributed by atoms with van der Waals surface area (Å²) >= 11 is 0. The molecule has 1 amide bonds. The van der Waals surface area contributed by atoms with Gasteiger partial charge in [-0.2, -0.15) is 0 Å². The Balaban J connectivity index is 2.99. The summed E-state index contributed by atoms with van der Waals surface area (Å²) in [6.45, 7) is -0.479. The molecule has 1 heterocycles. The third kappa shape index (κ3) is 4.00. The van der Waals surface area contributed by atoms with Crippen LogP contribution in [0.4, 0.5) is 5.82 Å². The van der Waals surface area contributed by atoms with Crippen molar-refractivity contribution in [3.05, 3.63) is 23.9 Å². The monoisotopic (exact) mass is 261 g/mol. The Bertz CT molecular complexity index is 520. The maximum atomic E-state index is 12.2. The smallest absolute Gasteiger partial charge is 0.323 e. The summed E-state index contributed by atoms with van der Waals surface area (Å²) in [6, 6.07) is 3.12. The molecule has 0 fully saturated rings. The van der Waals surface area contributed by atoms with E-state index in [4.69, 9.17) is 11.5 Å². The Morgan fingerprint density at radius 2 is 2.16 bits per heavy atom. The van der Waals surface area contributed by atoms with E-state index in [-0.39, 0.29) is 6.54 Å². The van der Waals surface area contributed by atoms with Gasteiger partial charge in [-0.1, -0.05) is 5.92 Å². The Kier molecular flexibility index (Phi) is 4.89. The molecular weight excluding hydrogens is 246 g/mol. The maximum Gasteiger partial charge on any atom is 0.323 e. The quantitative estimate of drug-likeness (QED) is 0.772. The van der Waals surface area contributed by atoms with Crippen LogP contribution in [0.15, 0.2) is 18.3 Å². The Labute approximate surface area is 111 Å². The van der Waals surface area contributed by atoms with Gasteiger partial charge in [0, 0.05) is 25.9 Å². The molecular formula is C13H15N3O3. The first-order chi connectivity index (χ1) is 8.95. The van der Waals surface area contributed by atoms with Crippen molar-refractivity contribution in [2.45, 2.75) is 0 Å². The van der Waals surface area contributed by atoms with Gasteiger partial charge in [-0.25, -0.2) is 4.98 Å². The minimum Gasteiger partial charge on any atom is -0.480 e. The van der Waals surface area contributed by atoms with Crippen molar-refractivity contribution in [2.24, 2.45) is 0 Å². The molecule has 0 unspecified atom stereocenters. The predicted molar refractivity (Wildman–Crippen MR) is 70.9 cm³/mol. The fraction of sp³-hybridized carbons (Fsp3) is 0.308. The maximum absolute atomic E-state index is 12.2. The van der Waals surface area contributed by atoms with Gasteiger partial charge in [0.05, 0.1) is 6.54 Å². The van der Waals surface area contributed by atoms with Crippen LogP contribution < -0.4 is 4.90 Å². The number of hydrogen-bond donors (Lipinski definition) is 1. The molecule has 6 nitrogen and oxygen atoms in total. The molecule has 0 saturated heterocycles. The van der Waals surface area contributed by atoms with E-state index in [2.05, 4.69) is 10.9 Å². The van der Waals surface area contributed by atoms with Crippen LogP contribution in [0.5, 0.6) is 0 Å². The van der Waals surface area contributed by atoms with Crippen molar-refractivity contribution < 1.29 is 14.7 Å². The number of terminal acetylenes is 1. The third-order valence-electron chi connectivity index (χ3n) is 2.35. The number of hydrogen-bond acceptors (Lipinski definition) is 4. The molecule has 0 atom stereocenters. The number of aliphatic carboxylic acids is 1. The second-order valence-electron chi connectivity index (χ2n) is 4.06. The van der Waals surface area contributed by atoms with E-state index >= 15 is 0 Å². The van der Waals surface area contributed by atoms with Gasteiger partial charge in [-0.15, -0.1) is 6.42 Å². The lowest BCUT2D eigenvalue weighted by Gasteiger charge is -2.19. The van der Waals surface area contributed by atoms with Gasteiger partial charge in [0.1, 0.15) is 12.4 Å². The Hall–Kier alpha value is -2.55. The van der Waals surface area contributed by atoms with Crippen LogP contribution in [-0.2, 0) is 4.79 Å². The number of carboxylic acid groups (broad SMARTS) is 1. The van der Waals surface area contributed by atoms with Crippen LogP contribution in [0.1, 0.15) is 10.4 Å². The highest BCUT2D eigenvalue weighted by atomic mass is 16.4. The number of carboxylic acids is 1. The first kappa shape index (κ1) is 14.5. The van der Waals surface area contributed by atoms with E-state index in [1.165, 1.54) is 12.3 Å². The molecule has 0 spiro atoms. The standard InChI is InChI=1S/C13H15N3O3/c1-4-7-16(9-12(17)18)13(19)10-5-6-14-11(8-10)15(2)3/h1,5-6,8H,7,9H2,2-3H3,(H,17,18). The van der Waals surface area contributed by atoms with Crippen LogP contribution in [0.2, 0.25) is 0 Å². The number of nitrogens with zero attached hydrogens (tertiary/aromatic N) is 3. The number of anilines is 1. The normalized spacial score (nSPS) is 9.53. The lowest BCUT2D eigenvalue weighted by atomic mass is 10.2. The largest absolute Gasteiger partial charge is 0.480 e. The van der Waals surface area contributed by atoms with E-state index in [1.54, 1.807) is 25.1 Å². The first-order valence-corrected chi connectivity index (χ1v) is 5.53. The van der Waals surface area contributed by atoms with Gasteiger partial charge in [0.2, 0.25) is 0 Å². The number of pyridine rings is 1. The van der Waals surface area contributed by atoms with Crippen LogP contribution in [0, 0.1) is 12.3 Å². The van der Waals surface area contributed by atoms with E-state index in [9.17, 15) is 9.59 Å². The highest BCUT2D eigenvalue weighted by Crippen LogP contribution is 2.11. The van der Waals surface area contributed by atoms with Gasteiger partial charge in [-0.3, -0.25) is 9.59 Å². The number of carbonyl (C=O) groups is 2. The van der Waals surface area contributed by atoms with Gasteiger partial charge >= 0.3 is 5.97 Å². The van der Waals surface area contributed by atoms with Gasteiger partial charge < -0.3 is 14.9 Å². The summed E-state index contributed by atoms with van der Waals surface area (Å²) < 4.78 is 0. The molecule has 1 rings (SSSR count). The molecule has 100 valence electrons. The SMILES string of the molecule is C#CCN(CC(=O)O)C(=O)c1ccnc(N(C)C)c1. The minimum atomic E-state index is -1.11. The summed E-state index contributed by atoms with van der Waals surface area (Å²) in [5.74, 6) is 1.36. The molecule has 6 heteroatoms. The zero-order valence-corrected chi connectivity index (χ0v) is 10.8. The molecule has 0 aliphatic carbocycles. The topological polar surface area (TPSA) is 73.7 Å². The average Bonchev–Trinajstić information content (AvgIpc) is 2.37. The molecule has 19 heavy (non-hydrogen) atoms. The second-order valence-corrected chi connectivity index (χ2v) is 4.06. The number of rotatable bonds is 5. The van der Waals surface area contributed by atoms with Crippen LogP contribution in [0.3, 0.4) is 0 Å². The van der Waals surface area contributed by atoms with E-state index < -0.39 is 18.4 Å². The molecule has 1 N–H and O–H groups in total. The number of carbonyl (C=O) groups excluding carboxylic acids is 1. The summed E-state index contributed by atoms with van der Waals surface area (Å²) in [5, 5.41) is 8.77. The minimum absolute atomic E-state index is 0.0508. The molecule has 0 saturated carbocycles. The summed E-state index contributed by atoms with van der Waals surface area (Å²) in [5.41, 5.74) is 0.357. The van der Waals surface area contributed by atoms with Crippen molar-refractivity contribution in [1.29, 1.82) is 0 Å². The van der Waals surface area contributed by atoms with Crippen LogP contribution in [-0.4, -0.2) is 54.1 Å². The van der Waals surface area contributed by atoms with E-state index in [0.717, 1.165) is 4.90 Å². The summed E-state index contributed by atoms with van der Waals surface area (Å²) in [6.07, 6.45) is 6.64. The second kappa shape index (κ2) is 6.40. The van der Waals surface area contributed by atoms with Gasteiger partial charge in [-0.05, 0) is 12.1 Å². The van der Waals surface area contributed by atoms with Gasteiger partial charge in [0.25, 0.3) is 5.91 Å². The van der Waals surface area contributed by atoms with Crippen molar-refractivity contribution in [3.63, 3.8) is 0 Å². The van der Waals surface area contributed by atoms with Crippen molar-refractivity contribution in [2.75, 3.05) is 32.1 Å². The molecule has 0 aromatic carbocycles. The zero-order chi connectivity index (χ0) is 14.4. The summed E-state index contributed by atoms with van der Waals surface area (Å²) in [4.78, 5) is 29.8. The number of amides is 1. The summed E-state index contributed by atoms with van der Waals surface area (Å²) in [7, 11) is 3.60. The fourth-order valence-corrected chi connectivity index (χ4v) is 1.45. The number of aromatic nitrogens is 1. The Morgan fingerprint density at radius 1 is 1.47 bits per heavy atom. The lowest BCUT2D eigenvalue weighted by Crippen LogP contribution is -2.36. The van der Waals surface area contributed by atoms with Crippen molar-refractivity contribution in [3.8, 4) is 12.3 Å². The molecule has 1 aromatic rings. The van der Waals surface area contributed by atoms with Crippen molar-refractivity contribution >= 4 is 17.7 Å². The average molecular weight is 261 g/mol. The molecule has 0 aliphatic heterocycles. The first-order valence-electron chi connectivity index (χ1n) is 5.53. The van der Waals surface area contributed by atoms with Crippen molar-refractivity contribution in [1.82, 2.24) is 9.88 Å². The molecule has 0 bridgehead atoms. The molecule has 1 aromatic heterocycles. The molecule has 0 aliphatic rings. The Morgan fingerprint density at radius 3 is 2.68 bits per heavy atom. The highest BCUT2D eigenvalue weighted by Gasteiger charge is 2.18. The molecule has 0 radical (unpaired) electrons. The predicted octanol–water partition coefficient (Wildman–Crippen LogP) is 0.308. The fourth-order valence-electron chi connectivity index (χ4n) is 1.45.